The molecule has 0 saturated carbocycles. The highest BCUT2D eigenvalue weighted by Gasteiger charge is 2.26. The minimum absolute atomic E-state index is 0.201. The van der Waals surface area contributed by atoms with Gasteiger partial charge in [-0.2, -0.15) is 5.10 Å². The van der Waals surface area contributed by atoms with E-state index in [1.165, 1.54) is 0 Å². The second-order valence-corrected chi connectivity index (χ2v) is 7.13. The van der Waals surface area contributed by atoms with Crippen LogP contribution in [0.25, 0.3) is 11.3 Å². The number of nitrogens with zero attached hydrogens (tertiary/aromatic N) is 2. The standard InChI is InChI=1S/C21H22N4O2.CH2O2/c1-13-12-14(2)22-20(26)18(13)21(27)25-10-8-16-17(9-11-25)23-24-19(16)15-6-4-3-5-7-15;2-1-3/h3-7,12H,8-11H2,1-2H3,(H,22,26)(H,23,24);1H,(H,2,3). The van der Waals surface area contributed by atoms with E-state index in [4.69, 9.17) is 9.90 Å². The third-order valence-corrected chi connectivity index (χ3v) is 5.13. The number of hydrogen-bond donors (Lipinski definition) is 3. The van der Waals surface area contributed by atoms with E-state index in [0.717, 1.165) is 33.8 Å². The van der Waals surface area contributed by atoms with Crippen LogP contribution >= 0.6 is 0 Å². The molecule has 30 heavy (non-hydrogen) atoms. The van der Waals surface area contributed by atoms with Crippen molar-refractivity contribution in [3.63, 3.8) is 0 Å². The molecular formula is C22H24N4O4. The molecule has 0 radical (unpaired) electrons. The van der Waals surface area contributed by atoms with Gasteiger partial charge in [0.2, 0.25) is 0 Å². The Morgan fingerprint density at radius 2 is 1.83 bits per heavy atom. The minimum Gasteiger partial charge on any atom is -0.483 e. The number of carboxylic acid groups (broad SMARTS) is 1. The van der Waals surface area contributed by atoms with Crippen LogP contribution in [0, 0.1) is 13.8 Å². The summed E-state index contributed by atoms with van der Waals surface area (Å²) in [5, 5.41) is 14.5. The number of benzene rings is 1. The number of aromatic amines is 2. The fourth-order valence-electron chi connectivity index (χ4n) is 3.80. The van der Waals surface area contributed by atoms with Gasteiger partial charge >= 0.3 is 0 Å². The number of aromatic nitrogens is 3. The zero-order valence-electron chi connectivity index (χ0n) is 16.9. The van der Waals surface area contributed by atoms with E-state index >= 15 is 0 Å². The van der Waals surface area contributed by atoms with Crippen LogP contribution in [0.1, 0.15) is 32.9 Å². The Morgan fingerprint density at radius 3 is 2.50 bits per heavy atom. The van der Waals surface area contributed by atoms with Gasteiger partial charge < -0.3 is 15.0 Å². The molecule has 0 fully saturated rings. The Morgan fingerprint density at radius 1 is 1.17 bits per heavy atom. The third-order valence-electron chi connectivity index (χ3n) is 5.13. The van der Waals surface area contributed by atoms with Crippen LogP contribution in [-0.2, 0) is 17.6 Å². The number of hydrogen-bond acceptors (Lipinski definition) is 4. The van der Waals surface area contributed by atoms with Gasteiger partial charge in [-0.25, -0.2) is 0 Å². The van der Waals surface area contributed by atoms with E-state index in [2.05, 4.69) is 15.2 Å². The molecule has 2 aromatic heterocycles. The fraction of sp³-hybridized carbons (Fsp3) is 0.273. The van der Waals surface area contributed by atoms with E-state index in [9.17, 15) is 9.59 Å². The predicted octanol–water partition coefficient (Wildman–Crippen LogP) is 2.32. The van der Waals surface area contributed by atoms with Crippen LogP contribution in [0.2, 0.25) is 0 Å². The SMILES string of the molecule is Cc1cc(C)c(C(=O)N2CCc3[nH]nc(-c4ccccc4)c3CC2)c(=O)[nH]1.O=CO. The maximum atomic E-state index is 13.0. The van der Waals surface area contributed by atoms with Crippen molar-refractivity contribution in [1.29, 1.82) is 0 Å². The van der Waals surface area contributed by atoms with Gasteiger partial charge in [0, 0.05) is 42.0 Å². The lowest BCUT2D eigenvalue weighted by atomic mass is 10.0. The highest BCUT2D eigenvalue weighted by Crippen LogP contribution is 2.26. The van der Waals surface area contributed by atoms with Crippen molar-refractivity contribution in [3.8, 4) is 11.3 Å². The van der Waals surface area contributed by atoms with E-state index in [1.54, 1.807) is 4.90 Å². The summed E-state index contributed by atoms with van der Waals surface area (Å²) in [5.41, 5.74) is 5.66. The minimum atomic E-state index is -0.313. The number of H-pyrrole nitrogens is 2. The lowest BCUT2D eigenvalue weighted by Gasteiger charge is -2.21. The summed E-state index contributed by atoms with van der Waals surface area (Å²) in [7, 11) is 0. The first-order valence-electron chi connectivity index (χ1n) is 9.65. The van der Waals surface area contributed by atoms with E-state index < -0.39 is 0 Å². The number of carbonyl (C=O) groups excluding carboxylic acids is 1. The zero-order chi connectivity index (χ0) is 21.7. The van der Waals surface area contributed by atoms with Gasteiger partial charge in [-0.1, -0.05) is 30.3 Å². The van der Waals surface area contributed by atoms with Crippen molar-refractivity contribution < 1.29 is 14.7 Å². The summed E-state index contributed by atoms with van der Waals surface area (Å²) in [5.74, 6) is -0.201. The lowest BCUT2D eigenvalue weighted by Crippen LogP contribution is -2.37. The number of fused-ring (bicyclic) bond motifs is 1. The first kappa shape index (κ1) is 21.0. The summed E-state index contributed by atoms with van der Waals surface area (Å²) in [6, 6.07) is 11.9. The molecule has 0 bridgehead atoms. The van der Waals surface area contributed by atoms with Crippen LogP contribution < -0.4 is 5.56 Å². The van der Waals surface area contributed by atoms with Crippen LogP contribution in [0.3, 0.4) is 0 Å². The molecule has 0 atom stereocenters. The Hall–Kier alpha value is -3.68. The van der Waals surface area contributed by atoms with Gasteiger partial charge in [0.15, 0.2) is 0 Å². The molecule has 3 N–H and O–H groups in total. The molecule has 1 aromatic carbocycles. The summed E-state index contributed by atoms with van der Waals surface area (Å²) in [6.45, 7) is 4.51. The first-order valence-corrected chi connectivity index (χ1v) is 9.65. The van der Waals surface area contributed by atoms with Gasteiger partial charge in [0.05, 0.1) is 5.69 Å². The Balaban J connectivity index is 0.000000806. The van der Waals surface area contributed by atoms with Crippen LogP contribution in [0.4, 0.5) is 0 Å². The molecule has 3 heterocycles. The van der Waals surface area contributed by atoms with Crippen molar-refractivity contribution in [2.75, 3.05) is 13.1 Å². The van der Waals surface area contributed by atoms with E-state index in [0.29, 0.717) is 25.9 Å². The molecule has 0 saturated heterocycles. The maximum absolute atomic E-state index is 13.0. The van der Waals surface area contributed by atoms with Crippen molar-refractivity contribution in [3.05, 3.63) is 74.8 Å². The largest absolute Gasteiger partial charge is 0.483 e. The summed E-state index contributed by atoms with van der Waals surface area (Å²) in [6.07, 6.45) is 1.41. The molecule has 3 aromatic rings. The third kappa shape index (κ3) is 4.32. The van der Waals surface area contributed by atoms with Crippen LogP contribution in [0.15, 0.2) is 41.2 Å². The molecular weight excluding hydrogens is 384 g/mol. The monoisotopic (exact) mass is 408 g/mol. The molecule has 8 heteroatoms. The molecule has 156 valence electrons. The second kappa shape index (κ2) is 9.21. The average molecular weight is 408 g/mol. The topological polar surface area (TPSA) is 119 Å². The molecule has 1 amide bonds. The molecule has 0 spiro atoms. The Bertz CT molecular complexity index is 1100. The Labute approximate surface area is 173 Å². The lowest BCUT2D eigenvalue weighted by molar-refractivity contribution is -0.122. The van der Waals surface area contributed by atoms with Gasteiger partial charge in [-0.15, -0.1) is 0 Å². The number of pyridine rings is 1. The van der Waals surface area contributed by atoms with Crippen molar-refractivity contribution in [2.24, 2.45) is 0 Å². The summed E-state index contributed by atoms with van der Waals surface area (Å²) in [4.78, 5) is 38.2. The number of aryl methyl sites for hydroxylation is 2. The number of carbonyl (C=O) groups is 2. The molecule has 1 aliphatic heterocycles. The number of amides is 1. The highest BCUT2D eigenvalue weighted by atomic mass is 16.3. The second-order valence-electron chi connectivity index (χ2n) is 7.13. The Kier molecular flexibility index (Phi) is 6.46. The molecule has 0 unspecified atom stereocenters. The van der Waals surface area contributed by atoms with E-state index in [1.807, 2.05) is 50.2 Å². The summed E-state index contributed by atoms with van der Waals surface area (Å²) >= 11 is 0. The first-order chi connectivity index (χ1) is 14.5. The van der Waals surface area contributed by atoms with Crippen molar-refractivity contribution in [1.82, 2.24) is 20.1 Å². The van der Waals surface area contributed by atoms with Crippen molar-refractivity contribution in [2.45, 2.75) is 26.7 Å². The van der Waals surface area contributed by atoms with Gasteiger partial charge in [-0.05, 0) is 31.9 Å². The maximum Gasteiger partial charge on any atom is 0.290 e. The van der Waals surface area contributed by atoms with Crippen LogP contribution in [-0.4, -0.2) is 50.7 Å². The number of nitrogens with one attached hydrogen (secondary N) is 2. The quantitative estimate of drug-likeness (QED) is 0.562. The van der Waals surface area contributed by atoms with Crippen molar-refractivity contribution >= 4 is 12.4 Å². The summed E-state index contributed by atoms with van der Waals surface area (Å²) < 4.78 is 0. The van der Waals surface area contributed by atoms with Crippen LogP contribution in [0.5, 0.6) is 0 Å². The smallest absolute Gasteiger partial charge is 0.290 e. The normalized spacial score (nSPS) is 12.9. The fourth-order valence-corrected chi connectivity index (χ4v) is 3.80. The predicted molar refractivity (Wildman–Crippen MR) is 113 cm³/mol. The van der Waals surface area contributed by atoms with E-state index in [-0.39, 0.29) is 23.5 Å². The molecule has 1 aliphatic rings. The molecule has 8 nitrogen and oxygen atoms in total. The molecule has 4 rings (SSSR count). The average Bonchev–Trinajstić information content (AvgIpc) is 2.99. The highest BCUT2D eigenvalue weighted by molar-refractivity contribution is 5.95. The zero-order valence-corrected chi connectivity index (χ0v) is 16.9. The number of rotatable bonds is 2. The van der Waals surface area contributed by atoms with Gasteiger partial charge in [-0.3, -0.25) is 19.5 Å². The van der Waals surface area contributed by atoms with Gasteiger partial charge in [0.1, 0.15) is 5.56 Å². The molecule has 0 aliphatic carbocycles. The van der Waals surface area contributed by atoms with Gasteiger partial charge in [0.25, 0.3) is 17.9 Å².